The van der Waals surface area contributed by atoms with Gasteiger partial charge in [0, 0.05) is 66.1 Å². The molecule has 0 aromatic heterocycles. The highest BCUT2D eigenvalue weighted by molar-refractivity contribution is 7.00. The van der Waals surface area contributed by atoms with Crippen LogP contribution < -0.4 is 31.5 Å². The molecule has 0 spiro atoms. The van der Waals surface area contributed by atoms with E-state index in [1.807, 2.05) is 12.1 Å². The summed E-state index contributed by atoms with van der Waals surface area (Å²) in [6.07, 6.45) is 0. The Bertz CT molecular complexity index is 4900. The van der Waals surface area contributed by atoms with Gasteiger partial charge in [0.1, 0.15) is 0 Å². The maximum atomic E-state index is 7.23. The number of para-hydroxylation sites is 1. The van der Waals surface area contributed by atoms with Crippen molar-refractivity contribution in [1.82, 2.24) is 0 Å². The van der Waals surface area contributed by atoms with Crippen LogP contribution in [-0.2, 0) is 5.41 Å². The fourth-order valence-corrected chi connectivity index (χ4v) is 14.2. The molecular weight excluding hydrogens is 1070 g/mol. The van der Waals surface area contributed by atoms with Gasteiger partial charge in [-0.1, -0.05) is 255 Å². The summed E-state index contributed by atoms with van der Waals surface area (Å²) < 4.78 is 0. The predicted octanol–water partition coefficient (Wildman–Crippen LogP) is 20.7. The molecule has 0 radical (unpaired) electrons. The summed E-state index contributed by atoms with van der Waals surface area (Å²) in [5.41, 5.74) is 23.4. The van der Waals surface area contributed by atoms with Crippen LogP contribution in [0.4, 0.5) is 45.5 Å². The Morgan fingerprint density at radius 2 is 0.871 bits per heavy atom. The number of nitrogens with one attached hydrogen (secondary N) is 1. The topological polar surface area (TPSA) is 18.5 Å². The lowest BCUT2D eigenvalue weighted by Crippen LogP contribution is -2.61. The van der Waals surface area contributed by atoms with E-state index in [1.165, 1.54) is 54.4 Å². The van der Waals surface area contributed by atoms with Gasteiger partial charge in [0.05, 0.1) is 11.4 Å². The third kappa shape index (κ3) is 8.42. The zero-order valence-electron chi connectivity index (χ0n) is 46.9. The molecular formula is C79H54BCl2N3. The molecule has 0 aliphatic carbocycles. The summed E-state index contributed by atoms with van der Waals surface area (Å²) >= 11 is 14.3. The monoisotopic (exact) mass is 1130 g/mol. The molecule has 0 saturated carbocycles. The molecule has 3 nitrogen and oxygen atoms in total. The normalized spacial score (nSPS) is 12.6. The van der Waals surface area contributed by atoms with E-state index in [-0.39, 0.29) is 12.1 Å². The van der Waals surface area contributed by atoms with Crippen LogP contribution in [0.3, 0.4) is 0 Å². The van der Waals surface area contributed by atoms with Crippen molar-refractivity contribution in [3.8, 4) is 44.5 Å². The quantitative estimate of drug-likeness (QED) is 0.109. The Balaban J connectivity index is 0.853. The minimum Gasteiger partial charge on any atom is -0.355 e. The van der Waals surface area contributed by atoms with Crippen LogP contribution in [0.1, 0.15) is 25.0 Å². The van der Waals surface area contributed by atoms with Gasteiger partial charge in [-0.2, -0.15) is 0 Å². The summed E-state index contributed by atoms with van der Waals surface area (Å²) in [6.45, 7) is 4.51. The molecule has 0 bridgehead atoms. The lowest BCUT2D eigenvalue weighted by atomic mass is 9.33. The van der Waals surface area contributed by atoms with Gasteiger partial charge in [-0.3, -0.25) is 0 Å². The van der Waals surface area contributed by atoms with Crippen molar-refractivity contribution in [2.45, 2.75) is 19.3 Å². The highest BCUT2D eigenvalue weighted by atomic mass is 35.5. The fourth-order valence-electron chi connectivity index (χ4n) is 13.9. The third-order valence-corrected chi connectivity index (χ3v) is 18.4. The van der Waals surface area contributed by atoms with Crippen molar-refractivity contribution < 1.29 is 0 Å². The van der Waals surface area contributed by atoms with Crippen LogP contribution in [0.2, 0.25) is 10.0 Å². The number of benzene rings is 14. The average molecular weight is 1130 g/mol. The zero-order chi connectivity index (χ0) is 56.9. The number of nitrogens with zero attached hydrogens (tertiary/aromatic N) is 2. The lowest BCUT2D eigenvalue weighted by molar-refractivity contribution is 0.642. The van der Waals surface area contributed by atoms with Crippen LogP contribution in [0.15, 0.2) is 285 Å². The Kier molecular flexibility index (Phi) is 12.1. The maximum absolute atomic E-state index is 7.23. The smallest absolute Gasteiger partial charge is 0.252 e. The number of hydrogen-bond acceptors (Lipinski definition) is 3. The molecule has 2 heterocycles. The maximum Gasteiger partial charge on any atom is 0.252 e. The van der Waals surface area contributed by atoms with Crippen molar-refractivity contribution in [3.63, 3.8) is 0 Å². The minimum atomic E-state index is -0.151. The molecule has 0 saturated heterocycles. The molecule has 0 fully saturated rings. The Morgan fingerprint density at radius 3 is 1.53 bits per heavy atom. The van der Waals surface area contributed by atoms with Gasteiger partial charge in [-0.05, 0) is 155 Å². The minimum absolute atomic E-state index is 0.146. The van der Waals surface area contributed by atoms with E-state index in [9.17, 15) is 0 Å². The van der Waals surface area contributed by atoms with Crippen LogP contribution in [0.5, 0.6) is 0 Å². The number of fused-ring (bicyclic) bond motifs is 4. The second-order valence-corrected chi connectivity index (χ2v) is 24.0. The summed E-state index contributed by atoms with van der Waals surface area (Å²) in [6, 6.07) is 104. The fraction of sp³-hybridized carbons (Fsp3) is 0.0380. The van der Waals surface area contributed by atoms with Crippen molar-refractivity contribution in [1.29, 1.82) is 0 Å². The van der Waals surface area contributed by atoms with E-state index in [4.69, 9.17) is 23.2 Å². The predicted molar refractivity (Wildman–Crippen MR) is 364 cm³/mol. The first kappa shape index (κ1) is 50.9. The number of hydrogen-bond donors (Lipinski definition) is 1. The molecule has 0 amide bonds. The highest BCUT2D eigenvalue weighted by Gasteiger charge is 2.45. The second-order valence-electron chi connectivity index (χ2n) is 23.1. The van der Waals surface area contributed by atoms with Gasteiger partial charge in [-0.25, -0.2) is 0 Å². The number of halogens is 2. The Hall–Kier alpha value is -9.84. The summed E-state index contributed by atoms with van der Waals surface area (Å²) in [4.78, 5) is 4.95. The standard InChI is InChI=1S/C79H54BCl2N3/c1-79(2,58-24-13-6-14-25-58)59-44-55-31-30-54-35-43-68(65-40-34-56(45-59)75(55)77(54)65)83-62-38-32-52(33-39-62)64-27-17-29-70(76(64)53-22-11-5-12-23-53)85-72-49-61(82)37-42-67(72)80-66-41-36-60(81)48-71(66)84(69-28-16-15-26-63(69)51-20-9-4-10-21-51)73-46-57(47-74(85)78(73)80)50-18-7-3-8-19-50/h3-49,83H,1-2H3. The van der Waals surface area contributed by atoms with E-state index in [1.54, 1.807) is 0 Å². The molecule has 0 unspecified atom stereocenters. The SMILES string of the molecule is CC(C)(c1ccccc1)c1cc2ccc3ccc(Nc4ccc(-c5cccc(N6c7cc(Cl)ccc7B7c8ccc(Cl)cc8N(c8ccccc8-c8ccccc8)c8cc(-c9ccccc9)cc6c87)c5-c5ccccc5)cc4)c4ccc(c1)c2c34. The van der Waals surface area contributed by atoms with E-state index in [2.05, 4.69) is 302 Å². The molecule has 14 aromatic rings. The Labute approximate surface area is 506 Å². The number of rotatable bonds is 10. The summed E-state index contributed by atoms with van der Waals surface area (Å²) in [7, 11) is 0. The molecule has 1 N–H and O–H groups in total. The van der Waals surface area contributed by atoms with E-state index in [0.29, 0.717) is 10.0 Å². The molecule has 14 aromatic carbocycles. The summed E-state index contributed by atoms with van der Waals surface area (Å²) in [5.74, 6) is 0. The van der Waals surface area contributed by atoms with Gasteiger partial charge in [0.2, 0.25) is 0 Å². The third-order valence-electron chi connectivity index (χ3n) is 18.0. The van der Waals surface area contributed by atoms with Gasteiger partial charge in [0.15, 0.2) is 0 Å². The average Bonchev–Trinajstić information content (AvgIpc) is 0.902. The Morgan fingerprint density at radius 1 is 0.353 bits per heavy atom. The van der Waals surface area contributed by atoms with Crippen LogP contribution in [0.25, 0.3) is 76.8 Å². The molecule has 2 aliphatic heterocycles. The van der Waals surface area contributed by atoms with Gasteiger partial charge >= 0.3 is 0 Å². The second kappa shape index (κ2) is 20.2. The molecule has 2 aliphatic rings. The first-order chi connectivity index (χ1) is 41.7. The van der Waals surface area contributed by atoms with Crippen LogP contribution in [0, 0.1) is 0 Å². The molecule has 16 rings (SSSR count). The molecule has 402 valence electrons. The molecule has 6 heteroatoms. The van der Waals surface area contributed by atoms with Crippen molar-refractivity contribution in [2.24, 2.45) is 0 Å². The van der Waals surface area contributed by atoms with Crippen molar-refractivity contribution in [2.75, 3.05) is 15.1 Å². The van der Waals surface area contributed by atoms with E-state index in [0.717, 1.165) is 95.5 Å². The molecule has 85 heavy (non-hydrogen) atoms. The van der Waals surface area contributed by atoms with Crippen LogP contribution in [-0.4, -0.2) is 6.71 Å². The van der Waals surface area contributed by atoms with Crippen molar-refractivity contribution in [3.05, 3.63) is 306 Å². The lowest BCUT2D eigenvalue weighted by Gasteiger charge is -2.45. The van der Waals surface area contributed by atoms with E-state index >= 15 is 0 Å². The van der Waals surface area contributed by atoms with Crippen molar-refractivity contribution >= 4 is 124 Å². The van der Waals surface area contributed by atoms with Gasteiger partial charge in [0.25, 0.3) is 6.71 Å². The highest BCUT2D eigenvalue weighted by Crippen LogP contribution is 2.52. The van der Waals surface area contributed by atoms with Crippen LogP contribution >= 0.6 is 23.2 Å². The largest absolute Gasteiger partial charge is 0.355 e. The first-order valence-electron chi connectivity index (χ1n) is 29.1. The van der Waals surface area contributed by atoms with E-state index < -0.39 is 0 Å². The summed E-state index contributed by atoms with van der Waals surface area (Å²) in [5, 5.41) is 12.8. The first-order valence-corrected chi connectivity index (χ1v) is 29.9. The zero-order valence-corrected chi connectivity index (χ0v) is 48.4. The van der Waals surface area contributed by atoms with Gasteiger partial charge < -0.3 is 15.1 Å². The van der Waals surface area contributed by atoms with Gasteiger partial charge in [-0.15, -0.1) is 0 Å². The molecule has 0 atom stereocenters. The number of anilines is 8.